The lowest BCUT2D eigenvalue weighted by Crippen LogP contribution is -2.63. The standard InChI is InChI=1S/C15H9Cl4NO3/c16-10-6-7-11-12(8-10)23-15(22-11,14(17,18)19)20-13(21)9-4-2-1-3-5-9/h1-8H,(H,20,21)/t15-/m1/s1. The zero-order valence-corrected chi connectivity index (χ0v) is 14.4. The Morgan fingerprint density at radius 3 is 2.30 bits per heavy atom. The minimum atomic E-state index is -2.09. The van der Waals surface area contributed by atoms with Crippen LogP contribution in [-0.4, -0.2) is 15.6 Å². The van der Waals surface area contributed by atoms with Crippen molar-refractivity contribution in [3.05, 3.63) is 59.1 Å². The van der Waals surface area contributed by atoms with E-state index in [-0.39, 0.29) is 5.75 Å². The number of hydrogen-bond donors (Lipinski definition) is 1. The number of hydrogen-bond acceptors (Lipinski definition) is 3. The molecule has 0 bridgehead atoms. The Bertz CT molecular complexity index is 748. The summed E-state index contributed by atoms with van der Waals surface area (Å²) in [5, 5.41) is 2.91. The lowest BCUT2D eigenvalue weighted by atomic mass is 10.2. The highest BCUT2D eigenvalue weighted by Crippen LogP contribution is 2.49. The van der Waals surface area contributed by atoms with E-state index in [2.05, 4.69) is 5.32 Å². The van der Waals surface area contributed by atoms with E-state index < -0.39 is 15.6 Å². The van der Waals surface area contributed by atoms with Gasteiger partial charge in [-0.25, -0.2) is 0 Å². The quantitative estimate of drug-likeness (QED) is 0.761. The second-order valence-electron chi connectivity index (χ2n) is 4.73. The first-order valence-corrected chi connectivity index (χ1v) is 7.94. The normalized spacial score (nSPS) is 19.5. The van der Waals surface area contributed by atoms with Gasteiger partial charge in [-0.2, -0.15) is 0 Å². The predicted molar refractivity (Wildman–Crippen MR) is 89.6 cm³/mol. The third-order valence-electron chi connectivity index (χ3n) is 3.10. The summed E-state index contributed by atoms with van der Waals surface area (Å²) in [7, 11) is 0. The minimum Gasteiger partial charge on any atom is -0.428 e. The van der Waals surface area contributed by atoms with Gasteiger partial charge in [-0.3, -0.25) is 10.1 Å². The van der Waals surface area contributed by atoms with Crippen LogP contribution in [0, 0.1) is 0 Å². The van der Waals surface area contributed by atoms with E-state index in [4.69, 9.17) is 55.9 Å². The van der Waals surface area contributed by atoms with Crippen LogP contribution in [0.15, 0.2) is 48.5 Å². The average molecular weight is 393 g/mol. The van der Waals surface area contributed by atoms with E-state index in [1.165, 1.54) is 6.07 Å². The average Bonchev–Trinajstić information content (AvgIpc) is 2.86. The number of benzene rings is 2. The van der Waals surface area contributed by atoms with Gasteiger partial charge in [-0.05, 0) is 24.3 Å². The highest BCUT2D eigenvalue weighted by Gasteiger charge is 2.59. The number of nitrogens with one attached hydrogen (secondary N) is 1. The summed E-state index contributed by atoms with van der Waals surface area (Å²) >= 11 is 23.9. The number of halogens is 4. The molecule has 1 atom stereocenters. The Kier molecular flexibility index (Phi) is 4.27. The molecule has 8 heteroatoms. The van der Waals surface area contributed by atoms with Gasteiger partial charge in [0, 0.05) is 16.7 Å². The van der Waals surface area contributed by atoms with Crippen molar-refractivity contribution in [1.82, 2.24) is 5.32 Å². The molecule has 0 unspecified atom stereocenters. The molecule has 0 radical (unpaired) electrons. The summed E-state index contributed by atoms with van der Waals surface area (Å²) < 4.78 is 9.10. The molecule has 1 N–H and O–H groups in total. The number of rotatable bonds is 2. The van der Waals surface area contributed by atoms with E-state index in [0.717, 1.165) is 0 Å². The maximum Gasteiger partial charge on any atom is 0.388 e. The number of ether oxygens (including phenoxy) is 2. The second-order valence-corrected chi connectivity index (χ2v) is 7.45. The Morgan fingerprint density at radius 2 is 1.65 bits per heavy atom. The van der Waals surface area contributed by atoms with Crippen molar-refractivity contribution in [3.8, 4) is 11.5 Å². The number of carbonyl (C=O) groups is 1. The maximum absolute atomic E-state index is 12.4. The summed E-state index contributed by atoms with van der Waals surface area (Å²) in [5.41, 5.74) is 0.363. The molecular formula is C15H9Cl4NO3. The van der Waals surface area contributed by atoms with E-state index >= 15 is 0 Å². The second kappa shape index (κ2) is 5.95. The van der Waals surface area contributed by atoms with Crippen LogP contribution in [0.25, 0.3) is 0 Å². The first-order valence-electron chi connectivity index (χ1n) is 6.43. The molecule has 2 aromatic carbocycles. The van der Waals surface area contributed by atoms with E-state index in [1.807, 2.05) is 0 Å². The zero-order valence-electron chi connectivity index (χ0n) is 11.4. The maximum atomic E-state index is 12.4. The van der Waals surface area contributed by atoms with Crippen LogP contribution in [0.5, 0.6) is 11.5 Å². The molecule has 0 aliphatic carbocycles. The van der Waals surface area contributed by atoms with Gasteiger partial charge < -0.3 is 9.47 Å². The minimum absolute atomic E-state index is 0.261. The molecule has 1 aliphatic heterocycles. The Balaban J connectivity index is 1.93. The SMILES string of the molecule is O=C(N[C@]1(C(Cl)(Cl)Cl)Oc2ccc(Cl)cc2O1)c1ccccc1. The van der Waals surface area contributed by atoms with Gasteiger partial charge in [0.05, 0.1) is 0 Å². The molecule has 0 saturated carbocycles. The Labute approximate surface area is 152 Å². The summed E-state index contributed by atoms with van der Waals surface area (Å²) in [5.74, 6) is -1.96. The summed E-state index contributed by atoms with van der Waals surface area (Å²) in [6.45, 7) is 0. The van der Waals surface area contributed by atoms with Gasteiger partial charge in [0.1, 0.15) is 0 Å². The van der Waals surface area contributed by atoms with Gasteiger partial charge in [-0.15, -0.1) is 0 Å². The molecule has 1 heterocycles. The highest BCUT2D eigenvalue weighted by atomic mass is 35.6. The fourth-order valence-corrected chi connectivity index (χ4v) is 2.56. The van der Waals surface area contributed by atoms with Crippen molar-refractivity contribution in [2.24, 2.45) is 0 Å². The predicted octanol–water partition coefficient (Wildman–Crippen LogP) is 4.57. The van der Waals surface area contributed by atoms with Crippen LogP contribution >= 0.6 is 46.4 Å². The molecule has 0 saturated heterocycles. The molecule has 3 rings (SSSR count). The lowest BCUT2D eigenvalue weighted by Gasteiger charge is -2.33. The highest BCUT2D eigenvalue weighted by molar-refractivity contribution is 6.68. The molecule has 4 nitrogen and oxygen atoms in total. The third kappa shape index (κ3) is 3.17. The summed E-state index contributed by atoms with van der Waals surface area (Å²) in [6, 6.07) is 13.1. The molecule has 23 heavy (non-hydrogen) atoms. The topological polar surface area (TPSA) is 47.6 Å². The van der Waals surface area contributed by atoms with Crippen LogP contribution < -0.4 is 14.8 Å². The van der Waals surface area contributed by atoms with Gasteiger partial charge in [0.25, 0.3) is 9.70 Å². The summed E-state index contributed by atoms with van der Waals surface area (Å²) in [4.78, 5) is 12.4. The van der Waals surface area contributed by atoms with Crippen LogP contribution in [0.2, 0.25) is 5.02 Å². The lowest BCUT2D eigenvalue weighted by molar-refractivity contribution is -0.0953. The van der Waals surface area contributed by atoms with E-state index in [0.29, 0.717) is 16.3 Å². The van der Waals surface area contributed by atoms with Gasteiger partial charge >= 0.3 is 5.91 Å². The largest absolute Gasteiger partial charge is 0.428 e. The van der Waals surface area contributed by atoms with Crippen molar-refractivity contribution in [1.29, 1.82) is 0 Å². The Morgan fingerprint density at radius 1 is 1.00 bits per heavy atom. The third-order valence-corrected chi connectivity index (χ3v) is 4.08. The number of fused-ring (bicyclic) bond motifs is 1. The van der Waals surface area contributed by atoms with Crippen molar-refractivity contribution >= 4 is 52.3 Å². The molecule has 1 aliphatic rings. The first kappa shape index (κ1) is 16.5. The molecule has 1 amide bonds. The van der Waals surface area contributed by atoms with Gasteiger partial charge in [0.2, 0.25) is 0 Å². The van der Waals surface area contributed by atoms with E-state index in [9.17, 15) is 4.79 Å². The van der Waals surface area contributed by atoms with Gasteiger partial charge in [-0.1, -0.05) is 64.6 Å². The van der Waals surface area contributed by atoms with Crippen LogP contribution in [0.4, 0.5) is 0 Å². The molecule has 2 aromatic rings. The molecular weight excluding hydrogens is 384 g/mol. The number of carbonyl (C=O) groups excluding carboxylic acids is 1. The Hall–Kier alpha value is -1.33. The number of amides is 1. The van der Waals surface area contributed by atoms with E-state index in [1.54, 1.807) is 42.5 Å². The van der Waals surface area contributed by atoms with Crippen molar-refractivity contribution in [2.45, 2.75) is 9.70 Å². The fourth-order valence-electron chi connectivity index (χ4n) is 2.03. The first-order chi connectivity index (χ1) is 10.8. The van der Waals surface area contributed by atoms with Crippen LogP contribution in [0.3, 0.4) is 0 Å². The van der Waals surface area contributed by atoms with Crippen molar-refractivity contribution in [3.63, 3.8) is 0 Å². The smallest absolute Gasteiger partial charge is 0.388 e. The molecule has 120 valence electrons. The number of alkyl halides is 3. The van der Waals surface area contributed by atoms with Crippen LogP contribution in [0.1, 0.15) is 10.4 Å². The fraction of sp³-hybridized carbons (Fsp3) is 0.133. The van der Waals surface area contributed by atoms with Gasteiger partial charge in [0.15, 0.2) is 11.5 Å². The monoisotopic (exact) mass is 391 g/mol. The summed E-state index contributed by atoms with van der Waals surface area (Å²) in [6.07, 6.45) is 0. The van der Waals surface area contributed by atoms with Crippen LogP contribution in [-0.2, 0) is 0 Å². The van der Waals surface area contributed by atoms with Crippen molar-refractivity contribution < 1.29 is 14.3 Å². The zero-order chi connectivity index (χ0) is 16.7. The molecule has 0 spiro atoms. The molecule has 0 fully saturated rings. The van der Waals surface area contributed by atoms with Crippen molar-refractivity contribution in [2.75, 3.05) is 0 Å². The molecule has 0 aromatic heterocycles.